The van der Waals surface area contributed by atoms with Crippen LogP contribution in [0.3, 0.4) is 0 Å². The lowest BCUT2D eigenvalue weighted by molar-refractivity contribution is -0.193. The second kappa shape index (κ2) is 10.5. The highest BCUT2D eigenvalue weighted by Gasteiger charge is 2.69. The summed E-state index contributed by atoms with van der Waals surface area (Å²) in [4.78, 5) is 28.9. The summed E-state index contributed by atoms with van der Waals surface area (Å²) in [5.74, 6) is -1.58. The fraction of sp³-hybridized carbons (Fsp3) is 0.688. The van der Waals surface area contributed by atoms with Crippen molar-refractivity contribution in [3.63, 3.8) is 0 Å². The van der Waals surface area contributed by atoms with Gasteiger partial charge in [0.15, 0.2) is 6.10 Å². The second-order valence-corrected chi connectivity index (χ2v) is 14.1. The van der Waals surface area contributed by atoms with Crippen molar-refractivity contribution in [1.29, 1.82) is 0 Å². The number of likely N-dealkylation sites (N-methyl/N-ethyl adjacent to an activating group) is 1. The van der Waals surface area contributed by atoms with Gasteiger partial charge in [0.2, 0.25) is 0 Å². The van der Waals surface area contributed by atoms with Crippen LogP contribution in [-0.2, 0) is 14.2 Å². The molecule has 3 fully saturated rings. The average molecular weight is 568 g/mol. The van der Waals surface area contributed by atoms with Gasteiger partial charge < -0.3 is 29.5 Å². The van der Waals surface area contributed by atoms with E-state index in [1.165, 1.54) is 0 Å². The summed E-state index contributed by atoms with van der Waals surface area (Å²) in [5.41, 5.74) is -0.408. The van der Waals surface area contributed by atoms with Gasteiger partial charge in [-0.2, -0.15) is 0 Å². The summed E-state index contributed by atoms with van der Waals surface area (Å²) in [5, 5.41) is 33.2. The number of aliphatic hydroxyl groups is 1. The highest BCUT2D eigenvalue weighted by atomic mass is 16.5. The maximum Gasteiger partial charge on any atom is 0.492 e. The van der Waals surface area contributed by atoms with E-state index in [1.807, 2.05) is 32.0 Å². The number of fused-ring (bicyclic) bond motifs is 1. The average Bonchev–Trinajstić information content (AvgIpc) is 3.43. The molecular formula is C32H46BNO7. The SMILES string of the molecule is C=C[C@]1(C)C[C@@H](C(Oc2ccc3c(c2)B(O)OC3CN(C)C)C(=O)O)[C@@]2(C)[C@H](C)CC[C@]3(CCC(=O)[C@H]32)[C@@H](C)[C@@H]1O. The first-order valence-electron chi connectivity index (χ1n) is 15.1. The van der Waals surface area contributed by atoms with E-state index in [9.17, 15) is 24.8 Å². The molecule has 224 valence electrons. The maximum atomic E-state index is 13.7. The zero-order chi connectivity index (χ0) is 30.1. The van der Waals surface area contributed by atoms with Crippen molar-refractivity contribution < 1.29 is 34.2 Å². The third-order valence-corrected chi connectivity index (χ3v) is 11.8. The van der Waals surface area contributed by atoms with Gasteiger partial charge in [-0.15, -0.1) is 6.58 Å². The van der Waals surface area contributed by atoms with Crippen LogP contribution in [0.25, 0.3) is 0 Å². The van der Waals surface area contributed by atoms with Crippen LogP contribution in [0.5, 0.6) is 5.75 Å². The van der Waals surface area contributed by atoms with Crippen LogP contribution in [0.1, 0.15) is 71.5 Å². The van der Waals surface area contributed by atoms with E-state index < -0.39 is 42.0 Å². The molecule has 0 amide bonds. The molecule has 4 aliphatic rings. The number of hydrogen-bond acceptors (Lipinski definition) is 7. The normalized spacial score (nSPS) is 40.9. The molecule has 1 heterocycles. The predicted molar refractivity (Wildman–Crippen MR) is 157 cm³/mol. The van der Waals surface area contributed by atoms with Gasteiger partial charge in [-0.05, 0) is 85.6 Å². The number of Topliss-reactive ketones (excluding diaryl/α,β-unsaturated/α-hetero) is 1. The number of carbonyl (C=O) groups is 2. The molecule has 0 radical (unpaired) electrons. The molecule has 9 heteroatoms. The van der Waals surface area contributed by atoms with E-state index in [-0.39, 0.29) is 35.1 Å². The number of carboxylic acids is 1. The van der Waals surface area contributed by atoms with Crippen LogP contribution >= 0.6 is 0 Å². The van der Waals surface area contributed by atoms with Crippen LogP contribution < -0.4 is 10.2 Å². The Labute approximate surface area is 244 Å². The summed E-state index contributed by atoms with van der Waals surface area (Å²) < 4.78 is 12.2. The molecule has 3 aliphatic carbocycles. The van der Waals surface area contributed by atoms with E-state index in [0.29, 0.717) is 37.0 Å². The Hall–Kier alpha value is -2.20. The Kier molecular flexibility index (Phi) is 7.76. The van der Waals surface area contributed by atoms with Crippen molar-refractivity contribution in [3.05, 3.63) is 36.4 Å². The van der Waals surface area contributed by atoms with Gasteiger partial charge in [0.1, 0.15) is 11.5 Å². The number of hydrogen-bond donors (Lipinski definition) is 3. The minimum Gasteiger partial charge on any atom is -0.478 e. The zero-order valence-corrected chi connectivity index (χ0v) is 25.3. The Morgan fingerprint density at radius 1 is 1.29 bits per heavy atom. The summed E-state index contributed by atoms with van der Waals surface area (Å²) in [6, 6.07) is 5.25. The fourth-order valence-corrected chi connectivity index (χ4v) is 9.28. The molecule has 1 aromatic carbocycles. The summed E-state index contributed by atoms with van der Waals surface area (Å²) in [6.07, 6.45) is 2.61. The number of aliphatic hydroxyl groups excluding tert-OH is 1. The van der Waals surface area contributed by atoms with Gasteiger partial charge >= 0.3 is 13.1 Å². The van der Waals surface area contributed by atoms with Gasteiger partial charge in [-0.25, -0.2) is 4.79 Å². The van der Waals surface area contributed by atoms with Gasteiger partial charge in [-0.1, -0.05) is 39.8 Å². The van der Waals surface area contributed by atoms with Crippen LogP contribution in [0, 0.1) is 39.9 Å². The smallest absolute Gasteiger partial charge is 0.478 e. The van der Waals surface area contributed by atoms with Crippen LogP contribution in [-0.4, -0.2) is 71.9 Å². The Balaban J connectivity index is 1.60. The Morgan fingerprint density at radius 2 is 2.00 bits per heavy atom. The summed E-state index contributed by atoms with van der Waals surface area (Å²) in [6.45, 7) is 13.0. The molecular weight excluding hydrogens is 521 g/mol. The molecule has 0 spiro atoms. The number of ether oxygens (including phenoxy) is 1. The highest BCUT2D eigenvalue weighted by Crippen LogP contribution is 2.69. The molecule has 2 unspecified atom stereocenters. The van der Waals surface area contributed by atoms with E-state index in [0.717, 1.165) is 18.4 Å². The Morgan fingerprint density at radius 3 is 2.63 bits per heavy atom. The molecule has 0 saturated heterocycles. The second-order valence-electron chi connectivity index (χ2n) is 14.1. The quantitative estimate of drug-likeness (QED) is 0.339. The van der Waals surface area contributed by atoms with Crippen LogP contribution in [0.4, 0.5) is 0 Å². The molecule has 8 nitrogen and oxygen atoms in total. The standard InChI is InChI=1S/C32H46BNO7/c1-8-30(4)16-22(31(5)18(2)11-13-32(19(3)28(30)36)14-12-24(35)27(31)32)26(29(37)38)40-20-9-10-21-23(15-20)33(39)41-25(21)17-34(6)7/h8-10,15,18-19,22,25-28,36,39H,1,11-14,16-17H2,2-7H3,(H,37,38)/t18-,19+,22+,25?,26?,27+,28+,30-,31-,32+/m1/s1. The monoisotopic (exact) mass is 567 g/mol. The maximum absolute atomic E-state index is 13.7. The number of rotatable bonds is 7. The molecule has 1 aromatic rings. The van der Waals surface area contributed by atoms with Gasteiger partial charge in [0.05, 0.1) is 12.2 Å². The summed E-state index contributed by atoms with van der Waals surface area (Å²) >= 11 is 0. The topological polar surface area (TPSA) is 117 Å². The van der Waals surface area contributed by atoms with Crippen molar-refractivity contribution in [2.75, 3.05) is 20.6 Å². The lowest BCUT2D eigenvalue weighted by Gasteiger charge is -2.63. The first kappa shape index (κ1) is 30.3. The number of carboxylic acid groups (broad SMARTS) is 1. The summed E-state index contributed by atoms with van der Waals surface area (Å²) in [7, 11) is 2.74. The van der Waals surface area contributed by atoms with Crippen molar-refractivity contribution in [1.82, 2.24) is 4.90 Å². The molecule has 2 bridgehead atoms. The first-order chi connectivity index (χ1) is 19.2. The van der Waals surface area contributed by atoms with Crippen molar-refractivity contribution >= 4 is 24.3 Å². The molecule has 1 aliphatic heterocycles. The number of benzene rings is 1. The van der Waals surface area contributed by atoms with Crippen molar-refractivity contribution in [3.8, 4) is 5.75 Å². The lowest BCUT2D eigenvalue weighted by Crippen LogP contribution is -2.63. The number of ketones is 1. The van der Waals surface area contributed by atoms with Gasteiger partial charge in [0, 0.05) is 30.2 Å². The minimum absolute atomic E-state index is 0.0802. The van der Waals surface area contributed by atoms with Crippen LogP contribution in [0.15, 0.2) is 30.9 Å². The fourth-order valence-electron chi connectivity index (χ4n) is 9.28. The number of carbonyl (C=O) groups excluding carboxylic acids is 1. The van der Waals surface area contributed by atoms with E-state index in [2.05, 4.69) is 27.4 Å². The molecule has 0 aromatic heterocycles. The largest absolute Gasteiger partial charge is 0.492 e. The third-order valence-electron chi connectivity index (χ3n) is 11.8. The molecule has 5 rings (SSSR count). The van der Waals surface area contributed by atoms with Crippen molar-refractivity contribution in [2.24, 2.45) is 39.9 Å². The Bertz CT molecular complexity index is 1220. The van der Waals surface area contributed by atoms with Crippen LogP contribution in [0.2, 0.25) is 0 Å². The number of nitrogens with zero attached hydrogens (tertiary/aromatic N) is 1. The highest BCUT2D eigenvalue weighted by molar-refractivity contribution is 6.61. The first-order valence-corrected chi connectivity index (χ1v) is 15.1. The predicted octanol–water partition coefficient (Wildman–Crippen LogP) is 3.45. The minimum atomic E-state index is -1.28. The molecule has 10 atom stereocenters. The lowest BCUT2D eigenvalue weighted by atomic mass is 9.41. The third kappa shape index (κ3) is 4.59. The van der Waals surface area contributed by atoms with Gasteiger partial charge in [-0.3, -0.25) is 4.79 Å². The van der Waals surface area contributed by atoms with E-state index in [4.69, 9.17) is 9.39 Å². The van der Waals surface area contributed by atoms with E-state index >= 15 is 0 Å². The van der Waals surface area contributed by atoms with Gasteiger partial charge in [0.25, 0.3) is 0 Å². The molecule has 3 saturated carbocycles. The number of aliphatic carboxylic acids is 1. The van der Waals surface area contributed by atoms with E-state index in [1.54, 1.807) is 18.2 Å². The zero-order valence-electron chi connectivity index (χ0n) is 25.3. The molecule has 3 N–H and O–H groups in total. The molecule has 41 heavy (non-hydrogen) atoms. The van der Waals surface area contributed by atoms with Crippen molar-refractivity contribution in [2.45, 2.75) is 78.1 Å².